The highest BCUT2D eigenvalue weighted by molar-refractivity contribution is 5.80. The van der Waals surface area contributed by atoms with Gasteiger partial charge in [0.1, 0.15) is 12.2 Å². The number of ether oxygens (including phenoxy) is 1. The van der Waals surface area contributed by atoms with Gasteiger partial charge in [0.2, 0.25) is 16.9 Å². The highest BCUT2D eigenvalue weighted by Crippen LogP contribution is 2.24. The number of benzene rings is 1. The summed E-state index contributed by atoms with van der Waals surface area (Å²) in [6, 6.07) is 7.18. The number of nitrogens with one attached hydrogen (secondary N) is 1. The minimum absolute atomic E-state index is 0.198. The maximum atomic E-state index is 11.0. The highest BCUT2D eigenvalue weighted by Gasteiger charge is 2.20. The number of aromatic nitrogens is 6. The van der Waals surface area contributed by atoms with Crippen molar-refractivity contribution in [1.82, 2.24) is 29.9 Å². The molecule has 0 aliphatic rings. The Labute approximate surface area is 139 Å². The van der Waals surface area contributed by atoms with Crippen molar-refractivity contribution in [3.63, 3.8) is 0 Å². The second-order valence-corrected chi connectivity index (χ2v) is 5.07. The molecule has 0 aliphatic carbocycles. The maximum absolute atomic E-state index is 11.0. The van der Waals surface area contributed by atoms with Gasteiger partial charge in [-0.2, -0.15) is 0 Å². The summed E-state index contributed by atoms with van der Waals surface area (Å²) in [7, 11) is 1.58. The predicted octanol–water partition coefficient (Wildman–Crippen LogP) is 1.04. The molecule has 0 saturated heterocycles. The van der Waals surface area contributed by atoms with Gasteiger partial charge in [0.15, 0.2) is 11.6 Å². The van der Waals surface area contributed by atoms with Crippen LogP contribution in [-0.2, 0) is 11.2 Å². The van der Waals surface area contributed by atoms with Crippen molar-refractivity contribution in [2.75, 3.05) is 12.4 Å². The molecule has 0 spiro atoms. The molecule has 0 radical (unpaired) electrons. The minimum atomic E-state index is -1.04. The molecule has 0 unspecified atom stereocenters. The molecule has 0 saturated carbocycles. The van der Waals surface area contributed by atoms with Crippen LogP contribution in [0.15, 0.2) is 28.9 Å². The van der Waals surface area contributed by atoms with Crippen molar-refractivity contribution < 1.29 is 19.3 Å². The Morgan fingerprint density at radius 3 is 2.76 bits per heavy atom. The average molecular weight is 341 g/mol. The van der Waals surface area contributed by atoms with Gasteiger partial charge in [-0.3, -0.25) is 9.20 Å². The first kappa shape index (κ1) is 14.8. The van der Waals surface area contributed by atoms with Gasteiger partial charge in [-0.25, -0.2) is 9.61 Å². The molecular formula is C14H11N7O4. The number of anilines is 2. The summed E-state index contributed by atoms with van der Waals surface area (Å²) >= 11 is 0. The zero-order valence-corrected chi connectivity index (χ0v) is 12.9. The molecule has 4 rings (SSSR count). The monoisotopic (exact) mass is 341 g/mol. The number of carboxylic acids is 1. The zero-order chi connectivity index (χ0) is 17.4. The van der Waals surface area contributed by atoms with E-state index < -0.39 is 5.97 Å². The summed E-state index contributed by atoms with van der Waals surface area (Å²) < 4.78 is 11.3. The normalized spacial score (nSPS) is 11.1. The summed E-state index contributed by atoms with van der Waals surface area (Å²) in [4.78, 5) is 15.4. The Morgan fingerprint density at radius 1 is 1.24 bits per heavy atom. The van der Waals surface area contributed by atoms with Crippen LogP contribution in [0.3, 0.4) is 0 Å². The average Bonchev–Trinajstić information content (AvgIpc) is 3.22. The molecule has 11 nitrogen and oxygen atoms in total. The van der Waals surface area contributed by atoms with E-state index in [1.807, 2.05) is 0 Å². The first-order valence-electron chi connectivity index (χ1n) is 7.15. The van der Waals surface area contributed by atoms with Crippen LogP contribution in [0.5, 0.6) is 5.75 Å². The number of rotatable bonds is 5. The molecule has 0 atom stereocenters. The lowest BCUT2D eigenvalue weighted by Crippen LogP contribution is -2.07. The summed E-state index contributed by atoms with van der Waals surface area (Å²) in [6.07, 6.45) is -0.324. The van der Waals surface area contributed by atoms with Crippen LogP contribution < -0.4 is 10.1 Å². The number of nitrogens with zero attached hydrogens (tertiary/aromatic N) is 6. The molecule has 126 valence electrons. The second kappa shape index (κ2) is 5.70. The van der Waals surface area contributed by atoms with Crippen LogP contribution in [0.4, 0.5) is 11.5 Å². The van der Waals surface area contributed by atoms with E-state index in [9.17, 15) is 4.79 Å². The Balaban J connectivity index is 1.84. The molecule has 25 heavy (non-hydrogen) atoms. The summed E-state index contributed by atoms with van der Waals surface area (Å²) in [5, 5.41) is 27.5. The number of hydrogen-bond acceptors (Lipinski definition) is 9. The SMILES string of the molecule is COc1ccc(Nc2nc3nonc3n3c(CC(=O)O)nnc23)cc1. The molecule has 11 heteroatoms. The molecule has 3 aromatic heterocycles. The topological polar surface area (TPSA) is 141 Å². The smallest absolute Gasteiger partial charge is 0.311 e. The van der Waals surface area contributed by atoms with E-state index in [0.29, 0.717) is 17.2 Å². The van der Waals surface area contributed by atoms with E-state index in [4.69, 9.17) is 14.5 Å². The largest absolute Gasteiger partial charge is 0.497 e. The van der Waals surface area contributed by atoms with Crippen molar-refractivity contribution >= 4 is 34.4 Å². The summed E-state index contributed by atoms with van der Waals surface area (Å²) in [6.45, 7) is 0. The molecule has 3 heterocycles. The van der Waals surface area contributed by atoms with Gasteiger partial charge < -0.3 is 15.2 Å². The number of fused-ring (bicyclic) bond motifs is 3. The summed E-state index contributed by atoms with van der Waals surface area (Å²) in [5.41, 5.74) is 1.50. The summed E-state index contributed by atoms with van der Waals surface area (Å²) in [5.74, 6) is 0.215. The lowest BCUT2D eigenvalue weighted by atomic mass is 10.3. The Hall–Kier alpha value is -3.76. The third-order valence-corrected chi connectivity index (χ3v) is 3.49. The van der Waals surface area contributed by atoms with E-state index in [2.05, 4.69) is 30.8 Å². The molecule has 0 fully saturated rings. The third kappa shape index (κ3) is 2.56. The van der Waals surface area contributed by atoms with Gasteiger partial charge in [-0.05, 0) is 34.6 Å². The zero-order valence-electron chi connectivity index (χ0n) is 12.9. The first-order valence-corrected chi connectivity index (χ1v) is 7.15. The molecule has 0 amide bonds. The van der Waals surface area contributed by atoms with Gasteiger partial charge in [-0.15, -0.1) is 10.2 Å². The Bertz CT molecular complexity index is 1070. The lowest BCUT2D eigenvalue weighted by Gasteiger charge is -2.07. The second-order valence-electron chi connectivity index (χ2n) is 5.07. The van der Waals surface area contributed by atoms with Crippen LogP contribution in [0.25, 0.3) is 16.9 Å². The lowest BCUT2D eigenvalue weighted by molar-refractivity contribution is -0.136. The minimum Gasteiger partial charge on any atom is -0.497 e. The van der Waals surface area contributed by atoms with Crippen molar-refractivity contribution in [2.24, 2.45) is 0 Å². The fourth-order valence-electron chi connectivity index (χ4n) is 2.38. The van der Waals surface area contributed by atoms with Crippen LogP contribution in [0.2, 0.25) is 0 Å². The Kier molecular flexibility index (Phi) is 3.38. The third-order valence-electron chi connectivity index (χ3n) is 3.49. The number of aliphatic carboxylic acids is 1. The molecular weight excluding hydrogens is 330 g/mol. The van der Waals surface area contributed by atoms with E-state index in [-0.39, 0.29) is 23.5 Å². The molecule has 0 aliphatic heterocycles. The number of carboxylic acid groups (broad SMARTS) is 1. The van der Waals surface area contributed by atoms with E-state index in [1.165, 1.54) is 4.40 Å². The van der Waals surface area contributed by atoms with Crippen LogP contribution >= 0.6 is 0 Å². The molecule has 2 N–H and O–H groups in total. The van der Waals surface area contributed by atoms with E-state index in [0.717, 1.165) is 5.69 Å². The fraction of sp³-hybridized carbons (Fsp3) is 0.143. The van der Waals surface area contributed by atoms with Gasteiger partial charge in [0, 0.05) is 5.69 Å². The van der Waals surface area contributed by atoms with Crippen molar-refractivity contribution in [3.05, 3.63) is 30.1 Å². The van der Waals surface area contributed by atoms with E-state index >= 15 is 0 Å². The predicted molar refractivity (Wildman–Crippen MR) is 83.8 cm³/mol. The highest BCUT2D eigenvalue weighted by atomic mass is 16.6. The maximum Gasteiger partial charge on any atom is 0.311 e. The van der Waals surface area contributed by atoms with Crippen molar-refractivity contribution in [3.8, 4) is 5.75 Å². The molecule has 0 bridgehead atoms. The van der Waals surface area contributed by atoms with Crippen LogP contribution in [-0.4, -0.2) is 48.1 Å². The van der Waals surface area contributed by atoms with Gasteiger partial charge in [-0.1, -0.05) is 0 Å². The number of hydrogen-bond donors (Lipinski definition) is 2. The van der Waals surface area contributed by atoms with Crippen LogP contribution in [0.1, 0.15) is 5.82 Å². The first-order chi connectivity index (χ1) is 12.2. The standard InChI is InChI=1S/C14H11N7O4/c1-24-8-4-2-7(3-5-8)15-11-13-18-17-9(6-10(22)23)21(13)14-12(16-11)19-25-20-14/h2-5H,6H2,1H3,(H,22,23)(H,15,16,19). The number of methoxy groups -OCH3 is 1. The van der Waals surface area contributed by atoms with Crippen LogP contribution in [0, 0.1) is 0 Å². The fourth-order valence-corrected chi connectivity index (χ4v) is 2.38. The molecule has 1 aromatic carbocycles. The van der Waals surface area contributed by atoms with Gasteiger partial charge in [0.05, 0.1) is 7.11 Å². The Morgan fingerprint density at radius 2 is 2.04 bits per heavy atom. The van der Waals surface area contributed by atoms with Crippen molar-refractivity contribution in [2.45, 2.75) is 6.42 Å². The quantitative estimate of drug-likeness (QED) is 0.541. The van der Waals surface area contributed by atoms with Crippen molar-refractivity contribution in [1.29, 1.82) is 0 Å². The molecule has 4 aromatic rings. The van der Waals surface area contributed by atoms with Gasteiger partial charge >= 0.3 is 5.97 Å². The van der Waals surface area contributed by atoms with Gasteiger partial charge in [0.25, 0.3) is 0 Å². The van der Waals surface area contributed by atoms with E-state index in [1.54, 1.807) is 31.4 Å². The number of carbonyl (C=O) groups is 1.